The van der Waals surface area contributed by atoms with E-state index in [0.29, 0.717) is 52.1 Å². The van der Waals surface area contributed by atoms with Gasteiger partial charge in [-0.2, -0.15) is 0 Å². The Hall–Kier alpha value is -3.09. The molecule has 1 unspecified atom stereocenters. The summed E-state index contributed by atoms with van der Waals surface area (Å²) in [6, 6.07) is 8.50. The van der Waals surface area contributed by atoms with Crippen molar-refractivity contribution < 1.29 is 57.5 Å². The number of aromatic nitrogens is 2. The fraction of sp³-hybridized carbons (Fsp3) is 0.606. The van der Waals surface area contributed by atoms with Crippen molar-refractivity contribution in [1.82, 2.24) is 30.8 Å². The molecule has 3 rings (SSSR count). The summed E-state index contributed by atoms with van der Waals surface area (Å²) < 4.78 is 29.0. The number of ether oxygens (including phenoxy) is 1. The molecule has 1 aliphatic rings. The topological polar surface area (TPSA) is 262 Å². The maximum absolute atomic E-state index is 13.9. The third kappa shape index (κ3) is 17.2. The van der Waals surface area contributed by atoms with Crippen LogP contribution in [0.1, 0.15) is 74.8 Å². The smallest absolute Gasteiger partial charge is 0.410 e. The van der Waals surface area contributed by atoms with Gasteiger partial charge in [-0.25, -0.2) is 4.98 Å². The van der Waals surface area contributed by atoms with Crippen LogP contribution in [-0.4, -0.2) is 121 Å². The fourth-order valence-corrected chi connectivity index (χ4v) is 8.20. The number of alkyl carbamates (subject to hydrolysis) is 1. The number of rotatable bonds is 15. The predicted octanol–water partition coefficient (Wildman–Crippen LogP) is 1.72. The van der Waals surface area contributed by atoms with Crippen LogP contribution in [0.2, 0.25) is 0 Å². The van der Waals surface area contributed by atoms with Crippen LogP contribution >= 0.6 is 15.5 Å². The first-order valence-corrected chi connectivity index (χ1v) is 21.8. The van der Waals surface area contributed by atoms with Gasteiger partial charge in [-0.05, 0) is 17.9 Å². The average molecular weight is 801 g/mol. The molecule has 3 amide bonds. The van der Waals surface area contributed by atoms with Gasteiger partial charge in [0.15, 0.2) is 0 Å². The average Bonchev–Trinajstić information content (AvgIpc) is 3.11. The Morgan fingerprint density at radius 3 is 2.15 bits per heavy atom. The number of hydrogen-bond acceptors (Lipinski definition) is 13. The van der Waals surface area contributed by atoms with Gasteiger partial charge in [-0.15, -0.1) is 0 Å². The van der Waals surface area contributed by atoms with Crippen LogP contribution in [0.15, 0.2) is 48.9 Å². The summed E-state index contributed by atoms with van der Waals surface area (Å²) in [5, 5.41) is 7.62. The first kappa shape index (κ1) is 45.3. The Morgan fingerprint density at radius 2 is 1.59 bits per heavy atom. The minimum atomic E-state index is -5.40. The quantitative estimate of drug-likeness (QED) is 0.0942. The molecule has 0 radical (unpaired) electrons. The van der Waals surface area contributed by atoms with Crippen molar-refractivity contribution in [2.75, 3.05) is 39.5 Å². The number of nitrogens with one attached hydrogen (secondary N) is 3. The van der Waals surface area contributed by atoms with Crippen molar-refractivity contribution in [3.8, 4) is 0 Å². The molecule has 21 heteroatoms. The zero-order chi connectivity index (χ0) is 39.6. The van der Waals surface area contributed by atoms with Crippen LogP contribution in [0.5, 0.6) is 0 Å². The summed E-state index contributed by atoms with van der Waals surface area (Å²) in [4.78, 5) is 95.7. The second-order valence-corrected chi connectivity index (χ2v) is 17.7. The Balaban J connectivity index is 1.58. The molecule has 1 fully saturated rings. The molecular formula is C33H55BN6O12P2. The van der Waals surface area contributed by atoms with E-state index in [4.69, 9.17) is 14.0 Å². The van der Waals surface area contributed by atoms with E-state index in [9.17, 15) is 43.4 Å². The standard InChI is InChI=1S/C33H55BN6O12P2/c1-25(2)22-29(38-30(41)27(23-26-12-6-3-7-13-26)37-31(42)28-24-35-14-15-36-28)34-51-19-10-4-8-16-40(17-9-5-11-20-52-34)18-21-50-32(43)39-33(53(44,45)46)54(47,48)49/h3,6-7,12-15,24-25,27,29,33,44-46,53H,4-5,8-11,16-23H2,1-2H3,(H,37,42)(H,38,41)(H,39,43)(H2,47,48,49)/t27-,29-,33?/m1/s1. The van der Waals surface area contributed by atoms with E-state index in [0.717, 1.165) is 31.2 Å². The number of hydrogen-bond donors (Lipinski definition) is 8. The molecule has 1 aromatic heterocycles. The van der Waals surface area contributed by atoms with Crippen molar-refractivity contribution in [1.29, 1.82) is 0 Å². The number of carbonyl (C=O) groups excluding carboxylic acids is 3. The van der Waals surface area contributed by atoms with Gasteiger partial charge in [0.05, 0.1) is 12.1 Å². The van der Waals surface area contributed by atoms with Crippen LogP contribution in [0.4, 0.5) is 4.79 Å². The summed E-state index contributed by atoms with van der Waals surface area (Å²) in [6.07, 6.45) is 8.37. The van der Waals surface area contributed by atoms with E-state index in [1.54, 1.807) is 5.32 Å². The van der Waals surface area contributed by atoms with Gasteiger partial charge in [0, 0.05) is 18.8 Å². The van der Waals surface area contributed by atoms with E-state index in [1.807, 2.05) is 44.2 Å². The second kappa shape index (κ2) is 23.1. The van der Waals surface area contributed by atoms with Crippen molar-refractivity contribution in [2.45, 2.75) is 82.7 Å². The molecule has 2 heterocycles. The van der Waals surface area contributed by atoms with Gasteiger partial charge in [0.25, 0.3) is 5.91 Å². The summed E-state index contributed by atoms with van der Waals surface area (Å²) >= 11 is 0. The van der Waals surface area contributed by atoms with Crippen LogP contribution < -0.4 is 16.0 Å². The van der Waals surface area contributed by atoms with E-state index in [-0.39, 0.29) is 30.5 Å². The molecule has 302 valence electrons. The normalized spacial score (nSPS) is 17.7. The van der Waals surface area contributed by atoms with Gasteiger partial charge >= 0.3 is 161 Å². The van der Waals surface area contributed by atoms with E-state index in [1.165, 1.54) is 18.6 Å². The Kier molecular flexibility index (Phi) is 19.4. The van der Waals surface area contributed by atoms with Gasteiger partial charge in [0.1, 0.15) is 11.7 Å². The molecule has 1 saturated heterocycles. The van der Waals surface area contributed by atoms with Crippen LogP contribution in [-0.2, 0) is 29.8 Å². The Bertz CT molecular complexity index is 1460. The van der Waals surface area contributed by atoms with Gasteiger partial charge < -0.3 is 19.9 Å². The van der Waals surface area contributed by atoms with Crippen molar-refractivity contribution in [3.63, 3.8) is 0 Å². The number of carbonyl (C=O) groups is 3. The molecule has 2 aromatic rings. The zero-order valence-electron chi connectivity index (χ0n) is 30.8. The maximum atomic E-state index is 13.9. The first-order chi connectivity index (χ1) is 25.6. The predicted molar refractivity (Wildman–Crippen MR) is 202 cm³/mol. The van der Waals surface area contributed by atoms with E-state index in [2.05, 4.69) is 25.5 Å². The summed E-state index contributed by atoms with van der Waals surface area (Å²) in [7, 11) is -11.4. The molecule has 54 heavy (non-hydrogen) atoms. The van der Waals surface area contributed by atoms with Crippen LogP contribution in [0.25, 0.3) is 0 Å². The first-order valence-electron chi connectivity index (χ1n) is 18.2. The van der Waals surface area contributed by atoms with Crippen LogP contribution in [0.3, 0.4) is 0 Å². The number of nitrogens with zero attached hydrogens (tertiary/aromatic N) is 3. The van der Waals surface area contributed by atoms with Crippen molar-refractivity contribution in [3.05, 3.63) is 60.2 Å². The zero-order valence-corrected chi connectivity index (χ0v) is 32.7. The molecule has 0 bridgehead atoms. The summed E-state index contributed by atoms with van der Waals surface area (Å²) in [5.41, 5.74) is -1.58. The van der Waals surface area contributed by atoms with E-state index < -0.39 is 52.2 Å². The van der Waals surface area contributed by atoms with Gasteiger partial charge in [-0.1, -0.05) is 44.2 Å². The van der Waals surface area contributed by atoms with Gasteiger partial charge in [-0.3, -0.25) is 14.6 Å². The molecule has 0 spiro atoms. The molecule has 8 N–H and O–H groups in total. The third-order valence-corrected chi connectivity index (χ3v) is 12.2. The monoisotopic (exact) mass is 800 g/mol. The minimum absolute atomic E-state index is 0.0979. The second-order valence-electron chi connectivity index (χ2n) is 13.6. The molecule has 1 aliphatic heterocycles. The summed E-state index contributed by atoms with van der Waals surface area (Å²) in [5.74, 6) is -1.19. The SMILES string of the molecule is CC(C)C[C@@H](NC(=O)[C@@H](Cc1ccccc1)NC(=O)c1cnccn1)B1OCCCCCN(CCOC(=O)NC(P(=O)(O)O)[PH](O)(O)O)CCCCCO1. The molecule has 0 aliphatic carbocycles. The van der Waals surface area contributed by atoms with Crippen molar-refractivity contribution >= 4 is 40.6 Å². The molecule has 0 saturated carbocycles. The minimum Gasteiger partial charge on any atom is -0.410 e. The molecule has 3 atom stereocenters. The van der Waals surface area contributed by atoms with Crippen molar-refractivity contribution in [2.24, 2.45) is 5.92 Å². The molecular weight excluding hydrogens is 745 g/mol. The Labute approximate surface area is 316 Å². The Morgan fingerprint density at radius 1 is 0.944 bits per heavy atom. The number of benzene rings is 1. The fourth-order valence-electron chi connectivity index (χ4n) is 5.81. The number of amides is 3. The third-order valence-electron chi connectivity index (χ3n) is 8.48. The molecule has 1 aromatic carbocycles. The van der Waals surface area contributed by atoms with Crippen LogP contribution in [0, 0.1) is 5.92 Å². The summed E-state index contributed by atoms with van der Waals surface area (Å²) in [6.45, 7) is 6.41. The van der Waals surface area contributed by atoms with E-state index >= 15 is 0 Å². The van der Waals surface area contributed by atoms with Gasteiger partial charge in [0.2, 0.25) is 5.91 Å². The molecule has 18 nitrogen and oxygen atoms in total.